The molecule has 7 heteroatoms. The van der Waals surface area contributed by atoms with Crippen LogP contribution >= 0.6 is 11.6 Å². The van der Waals surface area contributed by atoms with Crippen molar-refractivity contribution in [2.24, 2.45) is 0 Å². The highest BCUT2D eigenvalue weighted by Crippen LogP contribution is 2.32. The number of carbonyl (C=O) groups is 1. The normalized spacial score (nSPS) is 16.8. The van der Waals surface area contributed by atoms with Gasteiger partial charge in [0.25, 0.3) is 0 Å². The molecule has 138 valence electrons. The Hall–Kier alpha value is -1.89. The van der Waals surface area contributed by atoms with E-state index in [1.54, 1.807) is 29.2 Å². The van der Waals surface area contributed by atoms with Gasteiger partial charge in [0.15, 0.2) is 0 Å². The summed E-state index contributed by atoms with van der Waals surface area (Å²) in [5.41, 5.74) is 2.75. The highest BCUT2D eigenvalue weighted by molar-refractivity contribution is 7.88. The number of sulfonamides is 1. The molecule has 0 saturated heterocycles. The summed E-state index contributed by atoms with van der Waals surface area (Å²) in [6.07, 6.45) is 1.90. The van der Waals surface area contributed by atoms with E-state index in [-0.39, 0.29) is 25.0 Å². The molecule has 1 atom stereocenters. The minimum Gasteiger partial charge on any atom is -0.308 e. The lowest BCUT2D eigenvalue weighted by molar-refractivity contribution is -0.119. The lowest BCUT2D eigenvalue weighted by Gasteiger charge is -2.26. The van der Waals surface area contributed by atoms with E-state index in [0.717, 1.165) is 29.5 Å². The number of carbonyl (C=O) groups excluding carboxylic acids is 1. The molecule has 0 aromatic heterocycles. The number of hydrogen-bond acceptors (Lipinski definition) is 3. The Labute approximate surface area is 159 Å². The van der Waals surface area contributed by atoms with E-state index < -0.39 is 10.0 Å². The molecule has 0 radical (unpaired) electrons. The number of benzene rings is 2. The summed E-state index contributed by atoms with van der Waals surface area (Å²) in [6.45, 7) is 1.91. The Bertz CT molecular complexity index is 913. The molecular formula is C19H21ClN2O3S. The zero-order valence-electron chi connectivity index (χ0n) is 14.7. The standard InChI is InChI=1S/C19H21ClN2O3S/c1-14-11-16-5-3-4-6-18(16)22(14)19(23)13-21(26(2,24)25)12-15-7-9-17(20)10-8-15/h3-10,14H,11-13H2,1-2H3/t14-/m1/s1. The average molecular weight is 393 g/mol. The summed E-state index contributed by atoms with van der Waals surface area (Å²) in [5.74, 6) is -0.221. The van der Waals surface area contributed by atoms with Crippen molar-refractivity contribution < 1.29 is 13.2 Å². The van der Waals surface area contributed by atoms with Crippen molar-refractivity contribution in [1.29, 1.82) is 0 Å². The molecule has 0 saturated carbocycles. The van der Waals surface area contributed by atoms with Gasteiger partial charge in [0, 0.05) is 23.3 Å². The second-order valence-corrected chi connectivity index (χ2v) is 9.02. The van der Waals surface area contributed by atoms with Crippen LogP contribution in [0.3, 0.4) is 0 Å². The Morgan fingerprint density at radius 2 is 1.85 bits per heavy atom. The lowest BCUT2D eigenvalue weighted by atomic mass is 10.1. The van der Waals surface area contributed by atoms with Crippen LogP contribution in [-0.4, -0.2) is 37.5 Å². The Morgan fingerprint density at radius 1 is 1.19 bits per heavy atom. The smallest absolute Gasteiger partial charge is 0.242 e. The maximum atomic E-state index is 12.9. The maximum Gasteiger partial charge on any atom is 0.242 e. The molecule has 0 spiro atoms. The van der Waals surface area contributed by atoms with Crippen LogP contribution in [-0.2, 0) is 27.8 Å². The van der Waals surface area contributed by atoms with Crippen molar-refractivity contribution in [2.45, 2.75) is 25.9 Å². The lowest BCUT2D eigenvalue weighted by Crippen LogP contribution is -2.44. The zero-order valence-corrected chi connectivity index (χ0v) is 16.3. The van der Waals surface area contributed by atoms with Crippen molar-refractivity contribution >= 4 is 33.2 Å². The van der Waals surface area contributed by atoms with Gasteiger partial charge in [-0.1, -0.05) is 41.9 Å². The molecule has 0 fully saturated rings. The molecular weight excluding hydrogens is 372 g/mol. The quantitative estimate of drug-likeness (QED) is 0.785. The van der Waals surface area contributed by atoms with Crippen LogP contribution in [0.4, 0.5) is 5.69 Å². The number of fused-ring (bicyclic) bond motifs is 1. The van der Waals surface area contributed by atoms with Gasteiger partial charge in [0.1, 0.15) is 0 Å². The number of rotatable bonds is 5. The van der Waals surface area contributed by atoms with E-state index >= 15 is 0 Å². The number of amides is 1. The molecule has 0 bridgehead atoms. The number of halogens is 1. The third-order valence-electron chi connectivity index (χ3n) is 4.53. The fraction of sp³-hybridized carbons (Fsp3) is 0.316. The Morgan fingerprint density at radius 3 is 2.50 bits per heavy atom. The van der Waals surface area contributed by atoms with Crippen molar-refractivity contribution in [2.75, 3.05) is 17.7 Å². The van der Waals surface area contributed by atoms with Crippen LogP contribution in [0.1, 0.15) is 18.1 Å². The summed E-state index contributed by atoms with van der Waals surface area (Å²) in [4.78, 5) is 14.6. The fourth-order valence-electron chi connectivity index (χ4n) is 3.26. The van der Waals surface area contributed by atoms with Gasteiger partial charge in [0.2, 0.25) is 15.9 Å². The third-order valence-corrected chi connectivity index (χ3v) is 5.98. The number of anilines is 1. The molecule has 0 N–H and O–H groups in total. The van der Waals surface area contributed by atoms with E-state index in [0.29, 0.717) is 5.02 Å². The first-order chi connectivity index (χ1) is 12.3. The van der Waals surface area contributed by atoms with Gasteiger partial charge in [-0.25, -0.2) is 8.42 Å². The third kappa shape index (κ3) is 4.09. The molecule has 26 heavy (non-hydrogen) atoms. The van der Waals surface area contributed by atoms with Crippen molar-refractivity contribution in [1.82, 2.24) is 4.31 Å². The Balaban J connectivity index is 1.81. The first-order valence-corrected chi connectivity index (χ1v) is 10.6. The first-order valence-electron chi connectivity index (χ1n) is 8.35. The predicted octanol–water partition coefficient (Wildman–Crippen LogP) is 3.08. The summed E-state index contributed by atoms with van der Waals surface area (Å²) in [5, 5.41) is 0.582. The van der Waals surface area contributed by atoms with Crippen molar-refractivity contribution in [3.63, 3.8) is 0 Å². The summed E-state index contributed by atoms with van der Waals surface area (Å²) in [7, 11) is -3.54. The van der Waals surface area contributed by atoms with Crippen LogP contribution < -0.4 is 4.90 Å². The van der Waals surface area contributed by atoms with Gasteiger partial charge in [-0.15, -0.1) is 0 Å². The van der Waals surface area contributed by atoms with E-state index in [1.165, 1.54) is 4.31 Å². The largest absolute Gasteiger partial charge is 0.308 e. The first kappa shape index (κ1) is 18.9. The fourth-order valence-corrected chi connectivity index (χ4v) is 4.11. The topological polar surface area (TPSA) is 57.7 Å². The molecule has 2 aromatic rings. The van der Waals surface area contributed by atoms with E-state index in [2.05, 4.69) is 0 Å². The molecule has 0 aliphatic carbocycles. The molecule has 3 rings (SSSR count). The van der Waals surface area contributed by atoms with Gasteiger partial charge in [-0.2, -0.15) is 4.31 Å². The van der Waals surface area contributed by atoms with Gasteiger partial charge < -0.3 is 4.90 Å². The molecule has 1 aliphatic heterocycles. The highest BCUT2D eigenvalue weighted by atomic mass is 35.5. The van der Waals surface area contributed by atoms with Gasteiger partial charge in [0.05, 0.1) is 12.8 Å². The SMILES string of the molecule is C[C@@H]1Cc2ccccc2N1C(=O)CN(Cc1ccc(Cl)cc1)S(C)(=O)=O. The predicted molar refractivity (Wildman–Crippen MR) is 104 cm³/mol. The number of nitrogens with zero attached hydrogens (tertiary/aromatic N) is 2. The summed E-state index contributed by atoms with van der Waals surface area (Å²) >= 11 is 5.88. The second-order valence-electron chi connectivity index (χ2n) is 6.60. The van der Waals surface area contributed by atoms with Gasteiger partial charge >= 0.3 is 0 Å². The van der Waals surface area contributed by atoms with Gasteiger partial charge in [-0.05, 0) is 42.7 Å². The summed E-state index contributed by atoms with van der Waals surface area (Å²) < 4.78 is 25.6. The Kier molecular flexibility index (Phi) is 5.37. The van der Waals surface area contributed by atoms with E-state index in [4.69, 9.17) is 11.6 Å². The van der Waals surface area contributed by atoms with Crippen LogP contribution in [0.15, 0.2) is 48.5 Å². The van der Waals surface area contributed by atoms with Crippen molar-refractivity contribution in [3.8, 4) is 0 Å². The van der Waals surface area contributed by atoms with E-state index in [1.807, 2.05) is 31.2 Å². The highest BCUT2D eigenvalue weighted by Gasteiger charge is 2.32. The van der Waals surface area contributed by atoms with Crippen LogP contribution in [0.2, 0.25) is 5.02 Å². The number of para-hydroxylation sites is 1. The molecule has 1 heterocycles. The van der Waals surface area contributed by atoms with Crippen LogP contribution in [0.25, 0.3) is 0 Å². The van der Waals surface area contributed by atoms with Crippen LogP contribution in [0, 0.1) is 0 Å². The zero-order chi connectivity index (χ0) is 18.9. The van der Waals surface area contributed by atoms with E-state index in [9.17, 15) is 13.2 Å². The molecule has 2 aromatic carbocycles. The minimum absolute atomic E-state index is 0.0110. The summed E-state index contributed by atoms with van der Waals surface area (Å²) in [6, 6.07) is 14.7. The molecule has 5 nitrogen and oxygen atoms in total. The molecule has 0 unspecified atom stereocenters. The molecule has 1 aliphatic rings. The average Bonchev–Trinajstić information content (AvgIpc) is 2.91. The van der Waals surface area contributed by atoms with Crippen molar-refractivity contribution in [3.05, 3.63) is 64.7 Å². The monoisotopic (exact) mass is 392 g/mol. The number of hydrogen-bond donors (Lipinski definition) is 0. The minimum atomic E-state index is -3.54. The second kappa shape index (κ2) is 7.39. The van der Waals surface area contributed by atoms with Crippen LogP contribution in [0.5, 0.6) is 0 Å². The molecule has 1 amide bonds. The van der Waals surface area contributed by atoms with Gasteiger partial charge in [-0.3, -0.25) is 4.79 Å². The maximum absolute atomic E-state index is 12.9.